The lowest BCUT2D eigenvalue weighted by atomic mass is 10.3. The van der Waals surface area contributed by atoms with Gasteiger partial charge in [0, 0.05) is 0 Å². The van der Waals surface area contributed by atoms with Gasteiger partial charge in [0.25, 0.3) is 5.22 Å². The van der Waals surface area contributed by atoms with Crippen LogP contribution in [-0.2, 0) is 0 Å². The van der Waals surface area contributed by atoms with Crippen LogP contribution in [0.15, 0.2) is 51.1 Å². The van der Waals surface area contributed by atoms with Crippen molar-refractivity contribution in [1.82, 2.24) is 9.97 Å². The molecule has 100 valence electrons. The molecule has 0 fully saturated rings. The van der Waals surface area contributed by atoms with Gasteiger partial charge < -0.3 is 9.52 Å². The second-order valence-electron chi connectivity index (χ2n) is 3.84. The van der Waals surface area contributed by atoms with E-state index < -0.39 is 5.97 Å². The molecule has 0 aliphatic carbocycles. The summed E-state index contributed by atoms with van der Waals surface area (Å²) in [6, 6.07) is 10.1. The molecule has 0 aliphatic heterocycles. The van der Waals surface area contributed by atoms with Crippen LogP contribution in [0.3, 0.4) is 0 Å². The van der Waals surface area contributed by atoms with Crippen molar-refractivity contribution in [3.05, 3.63) is 47.1 Å². The second kappa shape index (κ2) is 5.15. The molecule has 0 saturated heterocycles. The first-order valence-electron chi connectivity index (χ1n) is 5.57. The van der Waals surface area contributed by atoms with Crippen LogP contribution in [0.5, 0.6) is 0 Å². The molecule has 1 aromatic carbocycles. The number of benzene rings is 1. The average Bonchev–Trinajstić information content (AvgIpc) is 2.80. The second-order valence-corrected chi connectivity index (χ2v) is 5.17. The van der Waals surface area contributed by atoms with E-state index in [1.165, 1.54) is 12.1 Å². The summed E-state index contributed by atoms with van der Waals surface area (Å²) >= 11 is 6.83. The molecule has 20 heavy (non-hydrogen) atoms. The Kier molecular flexibility index (Phi) is 3.33. The van der Waals surface area contributed by atoms with Crippen LogP contribution >= 0.6 is 23.4 Å². The average molecular weight is 307 g/mol. The monoisotopic (exact) mass is 306 g/mol. The predicted molar refractivity (Wildman–Crippen MR) is 74.3 cm³/mol. The van der Waals surface area contributed by atoms with Crippen LogP contribution in [0.25, 0.3) is 11.1 Å². The number of carboxylic acids is 1. The maximum atomic E-state index is 11.1. The number of pyridine rings is 1. The zero-order chi connectivity index (χ0) is 14.1. The molecule has 0 spiro atoms. The van der Waals surface area contributed by atoms with E-state index in [0.29, 0.717) is 16.3 Å². The minimum atomic E-state index is -1.08. The third-order valence-corrected chi connectivity index (χ3v) is 3.58. The zero-order valence-corrected chi connectivity index (χ0v) is 11.5. The van der Waals surface area contributed by atoms with E-state index >= 15 is 0 Å². The lowest BCUT2D eigenvalue weighted by molar-refractivity contribution is 0.0692. The topological polar surface area (TPSA) is 76.2 Å². The van der Waals surface area contributed by atoms with Crippen molar-refractivity contribution in [2.75, 3.05) is 0 Å². The number of halogens is 1. The summed E-state index contributed by atoms with van der Waals surface area (Å²) in [4.78, 5) is 19.4. The summed E-state index contributed by atoms with van der Waals surface area (Å²) in [5, 5.41) is 9.91. The smallest absolute Gasteiger partial charge is 0.338 e. The van der Waals surface area contributed by atoms with Crippen molar-refractivity contribution in [1.29, 1.82) is 0 Å². The first kappa shape index (κ1) is 13.0. The van der Waals surface area contributed by atoms with Gasteiger partial charge in [0.15, 0.2) is 5.58 Å². The fraction of sp³-hybridized carbons (Fsp3) is 0. The normalized spacial score (nSPS) is 10.8. The number of fused-ring (bicyclic) bond motifs is 1. The molecular formula is C13H7ClN2O3S. The van der Waals surface area contributed by atoms with Gasteiger partial charge >= 0.3 is 5.97 Å². The van der Waals surface area contributed by atoms with Gasteiger partial charge in [0.2, 0.25) is 0 Å². The van der Waals surface area contributed by atoms with Gasteiger partial charge in [0.1, 0.15) is 15.7 Å². The molecule has 3 aromatic rings. The van der Waals surface area contributed by atoms with Crippen molar-refractivity contribution < 1.29 is 14.3 Å². The Balaban J connectivity index is 2.01. The van der Waals surface area contributed by atoms with Crippen molar-refractivity contribution in [2.24, 2.45) is 0 Å². The number of nitrogens with zero attached hydrogens (tertiary/aromatic N) is 2. The van der Waals surface area contributed by atoms with E-state index in [0.717, 1.165) is 11.8 Å². The van der Waals surface area contributed by atoms with E-state index in [-0.39, 0.29) is 15.7 Å². The van der Waals surface area contributed by atoms with Crippen LogP contribution in [0.2, 0.25) is 5.15 Å². The summed E-state index contributed by atoms with van der Waals surface area (Å²) in [6.45, 7) is 0. The number of carboxylic acid groups (broad SMARTS) is 1. The SMILES string of the molecule is O=C(O)c1ccc(Cl)nc1Sc1nc2ccccc2o1. The highest BCUT2D eigenvalue weighted by Crippen LogP contribution is 2.31. The standard InChI is InChI=1S/C13H7ClN2O3S/c14-10-6-5-7(12(17)18)11(16-10)20-13-15-8-3-1-2-4-9(8)19-13/h1-6H,(H,17,18). The van der Waals surface area contributed by atoms with E-state index in [4.69, 9.17) is 21.1 Å². The number of para-hydroxylation sites is 2. The van der Waals surface area contributed by atoms with Gasteiger partial charge in [-0.2, -0.15) is 0 Å². The molecule has 3 rings (SSSR count). The third-order valence-electron chi connectivity index (χ3n) is 2.51. The van der Waals surface area contributed by atoms with Crippen molar-refractivity contribution >= 4 is 40.4 Å². The van der Waals surface area contributed by atoms with Gasteiger partial charge in [-0.1, -0.05) is 23.7 Å². The lowest BCUT2D eigenvalue weighted by Gasteiger charge is -2.02. The van der Waals surface area contributed by atoms with Crippen molar-refractivity contribution in [3.63, 3.8) is 0 Å². The number of hydrogen-bond acceptors (Lipinski definition) is 5. The molecule has 0 saturated carbocycles. The van der Waals surface area contributed by atoms with Crippen molar-refractivity contribution in [2.45, 2.75) is 10.2 Å². The summed E-state index contributed by atoms with van der Waals surface area (Å²) in [7, 11) is 0. The van der Waals surface area contributed by atoms with Crippen LogP contribution in [0, 0.1) is 0 Å². The Labute approximate surface area is 122 Å². The zero-order valence-electron chi connectivity index (χ0n) is 9.91. The van der Waals surface area contributed by atoms with Crippen LogP contribution in [0.4, 0.5) is 0 Å². The minimum absolute atomic E-state index is 0.0571. The van der Waals surface area contributed by atoms with Gasteiger partial charge in [-0.3, -0.25) is 0 Å². The lowest BCUT2D eigenvalue weighted by Crippen LogP contribution is -2.00. The summed E-state index contributed by atoms with van der Waals surface area (Å²) in [6.07, 6.45) is 0. The molecule has 0 aliphatic rings. The Hall–Kier alpha value is -2.05. The van der Waals surface area contributed by atoms with E-state index in [1.54, 1.807) is 6.07 Å². The van der Waals surface area contributed by atoms with Gasteiger partial charge in [-0.05, 0) is 36.0 Å². The molecule has 7 heteroatoms. The number of hydrogen-bond donors (Lipinski definition) is 1. The molecule has 2 aromatic heterocycles. The van der Waals surface area contributed by atoms with Gasteiger partial charge in [-0.15, -0.1) is 0 Å². The van der Waals surface area contributed by atoms with E-state index in [9.17, 15) is 4.79 Å². The summed E-state index contributed by atoms with van der Waals surface area (Å²) < 4.78 is 5.52. The quantitative estimate of drug-likeness (QED) is 0.743. The maximum absolute atomic E-state index is 11.1. The highest BCUT2D eigenvalue weighted by atomic mass is 35.5. The van der Waals surface area contributed by atoms with Crippen LogP contribution in [-0.4, -0.2) is 21.0 Å². The molecule has 0 bridgehead atoms. The Morgan fingerprint density at radius 3 is 2.75 bits per heavy atom. The molecule has 0 unspecified atom stereocenters. The molecule has 2 heterocycles. The fourth-order valence-corrected chi connectivity index (χ4v) is 2.68. The largest absolute Gasteiger partial charge is 0.478 e. The fourth-order valence-electron chi connectivity index (χ4n) is 1.64. The van der Waals surface area contributed by atoms with Crippen LogP contribution in [0.1, 0.15) is 10.4 Å². The number of rotatable bonds is 3. The van der Waals surface area contributed by atoms with E-state index in [1.807, 2.05) is 18.2 Å². The first-order chi connectivity index (χ1) is 9.63. The molecule has 1 N–H and O–H groups in total. The first-order valence-corrected chi connectivity index (χ1v) is 6.76. The van der Waals surface area contributed by atoms with Gasteiger partial charge in [-0.25, -0.2) is 14.8 Å². The van der Waals surface area contributed by atoms with Gasteiger partial charge in [0.05, 0.1) is 5.56 Å². The Morgan fingerprint density at radius 2 is 2.00 bits per heavy atom. The Morgan fingerprint density at radius 1 is 1.20 bits per heavy atom. The third kappa shape index (κ3) is 2.48. The molecule has 5 nitrogen and oxygen atoms in total. The predicted octanol–water partition coefficient (Wildman–Crippen LogP) is 3.73. The number of aromatic nitrogens is 2. The molecule has 0 atom stereocenters. The van der Waals surface area contributed by atoms with Crippen molar-refractivity contribution in [3.8, 4) is 0 Å². The molecule has 0 amide bonds. The summed E-state index contributed by atoms with van der Waals surface area (Å²) in [5.41, 5.74) is 1.39. The number of oxazole rings is 1. The minimum Gasteiger partial charge on any atom is -0.478 e. The number of aromatic carboxylic acids is 1. The van der Waals surface area contributed by atoms with Crippen LogP contribution < -0.4 is 0 Å². The highest BCUT2D eigenvalue weighted by Gasteiger charge is 2.16. The highest BCUT2D eigenvalue weighted by molar-refractivity contribution is 7.99. The molecule has 0 radical (unpaired) electrons. The Bertz CT molecular complexity index is 770. The molecular weight excluding hydrogens is 300 g/mol. The summed E-state index contributed by atoms with van der Waals surface area (Å²) in [5.74, 6) is -1.08. The number of carbonyl (C=O) groups is 1. The maximum Gasteiger partial charge on any atom is 0.338 e. The van der Waals surface area contributed by atoms with E-state index in [2.05, 4.69) is 9.97 Å².